The number of hydrogen-bond acceptors (Lipinski definition) is 3. The van der Waals surface area contributed by atoms with Crippen LogP contribution in [0.15, 0.2) is 17.0 Å². The largest absolute Gasteiger partial charge is 0.402 e. The molecule has 4 nitrogen and oxygen atoms in total. The summed E-state index contributed by atoms with van der Waals surface area (Å²) in [6.45, 7) is 1.85. The van der Waals surface area contributed by atoms with E-state index in [1.807, 2.05) is 0 Å². The normalized spacial score (nSPS) is 13.0. The summed E-state index contributed by atoms with van der Waals surface area (Å²) in [5, 5.41) is 0. The summed E-state index contributed by atoms with van der Waals surface area (Å²) >= 11 is 0. The lowest BCUT2D eigenvalue weighted by molar-refractivity contribution is -0.134. The van der Waals surface area contributed by atoms with Crippen LogP contribution in [0, 0.1) is 13.8 Å². The maximum atomic E-state index is 12.3. The van der Waals surface area contributed by atoms with Crippen molar-refractivity contribution < 1.29 is 21.6 Å². The molecular formula is C11H15F3N2O2S. The highest BCUT2D eigenvalue weighted by atomic mass is 32.2. The summed E-state index contributed by atoms with van der Waals surface area (Å²) in [4.78, 5) is -0.303. The third kappa shape index (κ3) is 3.60. The van der Waals surface area contributed by atoms with Gasteiger partial charge in [-0.2, -0.15) is 17.5 Å². The first-order valence-electron chi connectivity index (χ1n) is 5.35. The third-order valence-corrected chi connectivity index (χ3v) is 4.58. The van der Waals surface area contributed by atoms with Gasteiger partial charge >= 0.3 is 6.18 Å². The summed E-state index contributed by atoms with van der Waals surface area (Å²) in [6, 6.07) is 2.72. The number of benzene rings is 1. The van der Waals surface area contributed by atoms with E-state index in [2.05, 4.69) is 0 Å². The highest BCUT2D eigenvalue weighted by Gasteiger charge is 2.35. The van der Waals surface area contributed by atoms with Crippen LogP contribution in [-0.2, 0) is 10.0 Å². The first-order valence-corrected chi connectivity index (χ1v) is 6.79. The van der Waals surface area contributed by atoms with Gasteiger partial charge in [0.2, 0.25) is 10.0 Å². The molecule has 2 N–H and O–H groups in total. The van der Waals surface area contributed by atoms with E-state index >= 15 is 0 Å². The zero-order chi connectivity index (χ0) is 15.0. The van der Waals surface area contributed by atoms with Crippen LogP contribution < -0.4 is 5.73 Å². The lowest BCUT2D eigenvalue weighted by atomic mass is 10.1. The minimum absolute atomic E-state index is 0.0582. The predicted octanol–water partition coefficient (Wildman–Crippen LogP) is 2.07. The van der Waals surface area contributed by atoms with Crippen molar-refractivity contribution in [2.75, 3.05) is 19.3 Å². The number of halogens is 3. The van der Waals surface area contributed by atoms with Crippen LogP contribution in [0.2, 0.25) is 0 Å². The minimum Gasteiger partial charge on any atom is -0.398 e. The lowest BCUT2D eigenvalue weighted by Gasteiger charge is -2.20. The Bertz CT molecular complexity index is 582. The molecular weight excluding hydrogens is 281 g/mol. The van der Waals surface area contributed by atoms with Crippen molar-refractivity contribution in [1.82, 2.24) is 4.31 Å². The standard InChI is InChI=1S/C11H15F3N2O2S/c1-7-4-9(15)10(5-8(7)2)19(17,18)16(3)6-11(12,13)14/h4-5H,6,15H2,1-3H3. The molecule has 1 aromatic rings. The molecule has 19 heavy (non-hydrogen) atoms. The average Bonchev–Trinajstić information content (AvgIpc) is 2.20. The first kappa shape index (κ1) is 15.8. The molecule has 0 unspecified atom stereocenters. The summed E-state index contributed by atoms with van der Waals surface area (Å²) in [7, 11) is -3.38. The summed E-state index contributed by atoms with van der Waals surface area (Å²) in [5.74, 6) is 0. The molecule has 108 valence electrons. The number of aryl methyl sites for hydroxylation is 2. The predicted molar refractivity (Wildman–Crippen MR) is 66.2 cm³/mol. The molecule has 0 radical (unpaired) electrons. The van der Waals surface area contributed by atoms with Gasteiger partial charge in [0.15, 0.2) is 0 Å². The summed E-state index contributed by atoms with van der Waals surface area (Å²) < 4.78 is 61.1. The van der Waals surface area contributed by atoms with Crippen LogP contribution in [0.3, 0.4) is 0 Å². The van der Waals surface area contributed by atoms with Crippen LogP contribution in [0.5, 0.6) is 0 Å². The molecule has 0 amide bonds. The number of nitrogen functional groups attached to an aromatic ring is 1. The third-order valence-electron chi connectivity index (χ3n) is 2.72. The van der Waals surface area contributed by atoms with Gasteiger partial charge in [0.1, 0.15) is 11.4 Å². The number of anilines is 1. The zero-order valence-electron chi connectivity index (χ0n) is 10.7. The van der Waals surface area contributed by atoms with Crippen molar-refractivity contribution in [2.45, 2.75) is 24.9 Å². The number of sulfonamides is 1. The van der Waals surface area contributed by atoms with Crippen molar-refractivity contribution in [1.29, 1.82) is 0 Å². The fourth-order valence-electron chi connectivity index (χ4n) is 1.54. The molecule has 1 aromatic carbocycles. The highest BCUT2D eigenvalue weighted by Crippen LogP contribution is 2.27. The fourth-order valence-corrected chi connectivity index (χ4v) is 2.88. The van der Waals surface area contributed by atoms with Crippen LogP contribution in [0.25, 0.3) is 0 Å². The van der Waals surface area contributed by atoms with E-state index in [4.69, 9.17) is 5.73 Å². The monoisotopic (exact) mass is 296 g/mol. The molecule has 0 fully saturated rings. The zero-order valence-corrected chi connectivity index (χ0v) is 11.6. The highest BCUT2D eigenvalue weighted by molar-refractivity contribution is 7.89. The Balaban J connectivity index is 3.25. The Labute approximate surface area is 110 Å². The summed E-state index contributed by atoms with van der Waals surface area (Å²) in [5.41, 5.74) is 6.95. The number of rotatable bonds is 3. The van der Waals surface area contributed by atoms with E-state index in [1.165, 1.54) is 12.1 Å². The number of nitrogens with two attached hydrogens (primary N) is 1. The van der Waals surface area contributed by atoms with Crippen LogP contribution in [0.4, 0.5) is 18.9 Å². The number of nitrogens with zero attached hydrogens (tertiary/aromatic N) is 1. The quantitative estimate of drug-likeness (QED) is 0.868. The fraction of sp³-hybridized carbons (Fsp3) is 0.455. The lowest BCUT2D eigenvalue weighted by Crippen LogP contribution is -2.36. The molecule has 0 aromatic heterocycles. The van der Waals surface area contributed by atoms with Gasteiger partial charge in [-0.1, -0.05) is 0 Å². The van der Waals surface area contributed by atoms with Crippen LogP contribution >= 0.6 is 0 Å². The molecule has 0 atom stereocenters. The second kappa shape index (κ2) is 5.01. The first-order chi connectivity index (χ1) is 8.45. The van der Waals surface area contributed by atoms with Gasteiger partial charge in [0.05, 0.1) is 5.69 Å². The molecule has 8 heteroatoms. The maximum absolute atomic E-state index is 12.3. The van der Waals surface area contributed by atoms with Gasteiger partial charge in [-0.25, -0.2) is 8.42 Å². The maximum Gasteiger partial charge on any atom is 0.402 e. The molecule has 0 bridgehead atoms. The topological polar surface area (TPSA) is 63.4 Å². The Morgan fingerprint density at radius 3 is 2.16 bits per heavy atom. The number of alkyl halides is 3. The van der Waals surface area contributed by atoms with E-state index in [1.54, 1.807) is 13.8 Å². The van der Waals surface area contributed by atoms with E-state index in [-0.39, 0.29) is 14.9 Å². The second-order valence-corrected chi connectivity index (χ2v) is 6.36. The van der Waals surface area contributed by atoms with Gasteiger partial charge in [0, 0.05) is 7.05 Å². The molecule has 0 aliphatic heterocycles. The van der Waals surface area contributed by atoms with Crippen molar-refractivity contribution in [2.24, 2.45) is 0 Å². The van der Waals surface area contributed by atoms with Gasteiger partial charge in [-0.3, -0.25) is 0 Å². The number of hydrogen-bond donors (Lipinski definition) is 1. The van der Waals surface area contributed by atoms with E-state index < -0.39 is 22.7 Å². The van der Waals surface area contributed by atoms with Crippen molar-refractivity contribution in [3.63, 3.8) is 0 Å². The van der Waals surface area contributed by atoms with E-state index in [9.17, 15) is 21.6 Å². The molecule has 0 heterocycles. The van der Waals surface area contributed by atoms with Gasteiger partial charge < -0.3 is 5.73 Å². The van der Waals surface area contributed by atoms with Crippen molar-refractivity contribution >= 4 is 15.7 Å². The average molecular weight is 296 g/mol. The molecule has 1 rings (SSSR count). The summed E-state index contributed by atoms with van der Waals surface area (Å²) in [6.07, 6.45) is -4.60. The van der Waals surface area contributed by atoms with E-state index in [0.29, 0.717) is 5.56 Å². The Morgan fingerprint density at radius 1 is 1.21 bits per heavy atom. The SMILES string of the molecule is Cc1cc(N)c(S(=O)(=O)N(C)CC(F)(F)F)cc1C. The van der Waals surface area contributed by atoms with Crippen molar-refractivity contribution in [3.8, 4) is 0 Å². The molecule has 0 saturated heterocycles. The van der Waals surface area contributed by atoms with Crippen molar-refractivity contribution in [3.05, 3.63) is 23.3 Å². The Hall–Kier alpha value is -1.28. The smallest absolute Gasteiger partial charge is 0.398 e. The molecule has 0 aliphatic carbocycles. The van der Waals surface area contributed by atoms with Gasteiger partial charge in [0.25, 0.3) is 0 Å². The Morgan fingerprint density at radius 2 is 1.68 bits per heavy atom. The molecule has 0 spiro atoms. The molecule has 0 saturated carbocycles. The van der Waals surface area contributed by atoms with E-state index in [0.717, 1.165) is 12.6 Å². The Kier molecular flexibility index (Phi) is 4.16. The minimum atomic E-state index is -4.60. The molecule has 0 aliphatic rings. The van der Waals surface area contributed by atoms with Gasteiger partial charge in [-0.05, 0) is 37.1 Å². The second-order valence-electron chi connectivity index (χ2n) is 4.35. The van der Waals surface area contributed by atoms with Crippen LogP contribution in [-0.4, -0.2) is 32.5 Å². The van der Waals surface area contributed by atoms with Crippen LogP contribution in [0.1, 0.15) is 11.1 Å². The van der Waals surface area contributed by atoms with Gasteiger partial charge in [-0.15, -0.1) is 0 Å².